The topological polar surface area (TPSA) is 93.0 Å². The van der Waals surface area contributed by atoms with Gasteiger partial charge in [-0.25, -0.2) is 0 Å². The van der Waals surface area contributed by atoms with Crippen LogP contribution in [0.4, 0.5) is 5.69 Å². The first kappa shape index (κ1) is 21.7. The number of hydrogen-bond acceptors (Lipinski definition) is 5. The Balaban J connectivity index is 1.30. The highest BCUT2D eigenvalue weighted by Gasteiger charge is 2.23. The Labute approximate surface area is 187 Å². The lowest BCUT2D eigenvalue weighted by Gasteiger charge is -2.30. The van der Waals surface area contributed by atoms with Crippen LogP contribution in [-0.4, -0.2) is 50.0 Å². The molecule has 0 aliphatic carbocycles. The molecule has 1 fully saturated rings. The number of aromatic nitrogens is 4. The Kier molecular flexibility index (Phi) is 6.89. The fraction of sp³-hybridized carbons (Fsp3) is 0.375. The highest BCUT2D eigenvalue weighted by molar-refractivity contribution is 6.03. The van der Waals surface area contributed by atoms with Crippen LogP contribution in [0.25, 0.3) is 11.4 Å². The molecule has 3 aromatic rings. The fourth-order valence-electron chi connectivity index (χ4n) is 3.80. The van der Waals surface area contributed by atoms with Crippen molar-refractivity contribution in [2.75, 3.05) is 18.4 Å². The van der Waals surface area contributed by atoms with Gasteiger partial charge in [-0.3, -0.25) is 9.59 Å². The second-order valence-electron chi connectivity index (χ2n) is 8.25. The Morgan fingerprint density at radius 3 is 2.53 bits per heavy atom. The first-order valence-electron chi connectivity index (χ1n) is 11.1. The van der Waals surface area contributed by atoms with Crippen LogP contribution < -0.4 is 5.32 Å². The van der Waals surface area contributed by atoms with E-state index in [1.165, 1.54) is 4.80 Å². The molecule has 8 heteroatoms. The minimum atomic E-state index is -0.138. The van der Waals surface area contributed by atoms with Crippen molar-refractivity contribution in [1.82, 2.24) is 25.1 Å². The van der Waals surface area contributed by atoms with E-state index >= 15 is 0 Å². The van der Waals surface area contributed by atoms with E-state index in [9.17, 15) is 9.59 Å². The first-order chi connectivity index (χ1) is 15.6. The summed E-state index contributed by atoms with van der Waals surface area (Å²) in [5, 5.41) is 15.4. The van der Waals surface area contributed by atoms with Gasteiger partial charge >= 0.3 is 0 Å². The van der Waals surface area contributed by atoms with Gasteiger partial charge in [0.1, 0.15) is 0 Å². The van der Waals surface area contributed by atoms with E-state index in [1.807, 2.05) is 47.4 Å². The maximum Gasteiger partial charge on any atom is 0.255 e. The molecule has 166 valence electrons. The third-order valence-corrected chi connectivity index (χ3v) is 5.75. The highest BCUT2D eigenvalue weighted by Crippen LogP contribution is 2.22. The number of nitrogens with one attached hydrogen (secondary N) is 1. The molecule has 0 bridgehead atoms. The van der Waals surface area contributed by atoms with Crippen molar-refractivity contribution in [3.05, 3.63) is 60.2 Å². The summed E-state index contributed by atoms with van der Waals surface area (Å²) in [5.41, 5.74) is 2.01. The molecule has 4 rings (SSSR count). The second-order valence-corrected chi connectivity index (χ2v) is 8.25. The third-order valence-electron chi connectivity index (χ3n) is 5.75. The summed E-state index contributed by atoms with van der Waals surface area (Å²) in [7, 11) is 0. The molecule has 1 aliphatic heterocycles. The SMILES string of the molecule is CC1CCN(C(=O)c2ccccc2NC(=O)CCCn2nnc(-c3ccccc3)n2)CC1. The maximum atomic E-state index is 13.0. The Morgan fingerprint density at radius 2 is 1.75 bits per heavy atom. The summed E-state index contributed by atoms with van der Waals surface area (Å²) in [4.78, 5) is 28.9. The predicted octanol–water partition coefficient (Wildman–Crippen LogP) is 3.63. The highest BCUT2D eigenvalue weighted by atomic mass is 16.2. The number of carbonyl (C=O) groups is 2. The number of nitrogens with zero attached hydrogens (tertiary/aromatic N) is 5. The molecule has 1 saturated heterocycles. The number of amides is 2. The van der Waals surface area contributed by atoms with Gasteiger partial charge in [0, 0.05) is 25.1 Å². The molecule has 1 N–H and O–H groups in total. The number of hydrogen-bond donors (Lipinski definition) is 1. The van der Waals surface area contributed by atoms with E-state index in [0.717, 1.165) is 31.5 Å². The van der Waals surface area contributed by atoms with Gasteiger partial charge in [-0.15, -0.1) is 10.2 Å². The zero-order chi connectivity index (χ0) is 22.3. The quantitative estimate of drug-likeness (QED) is 0.615. The van der Waals surface area contributed by atoms with Gasteiger partial charge in [0.25, 0.3) is 5.91 Å². The molecule has 0 saturated carbocycles. The molecule has 0 spiro atoms. The lowest BCUT2D eigenvalue weighted by molar-refractivity contribution is -0.116. The van der Waals surface area contributed by atoms with Gasteiger partial charge in [0.15, 0.2) is 0 Å². The van der Waals surface area contributed by atoms with Gasteiger partial charge in [-0.1, -0.05) is 49.4 Å². The number of benzene rings is 2. The van der Waals surface area contributed by atoms with Crippen LogP contribution in [-0.2, 0) is 11.3 Å². The average Bonchev–Trinajstić information content (AvgIpc) is 3.29. The molecule has 1 aliphatic rings. The Hall–Kier alpha value is -3.55. The Morgan fingerprint density at radius 1 is 1.03 bits per heavy atom. The van der Waals surface area contributed by atoms with Crippen LogP contribution in [0.1, 0.15) is 43.0 Å². The summed E-state index contributed by atoms with van der Waals surface area (Å²) in [6.45, 7) is 4.23. The lowest BCUT2D eigenvalue weighted by Crippen LogP contribution is -2.38. The van der Waals surface area contributed by atoms with E-state index in [4.69, 9.17) is 0 Å². The fourth-order valence-corrected chi connectivity index (χ4v) is 3.80. The molecule has 0 radical (unpaired) electrons. The number of piperidine rings is 1. The van der Waals surface area contributed by atoms with Crippen molar-refractivity contribution in [2.24, 2.45) is 5.92 Å². The lowest BCUT2D eigenvalue weighted by atomic mass is 9.98. The van der Waals surface area contributed by atoms with Gasteiger partial charge in [-0.05, 0) is 42.5 Å². The van der Waals surface area contributed by atoms with Crippen LogP contribution in [0.2, 0.25) is 0 Å². The van der Waals surface area contributed by atoms with Gasteiger partial charge in [0.05, 0.1) is 17.8 Å². The van der Waals surface area contributed by atoms with Crippen LogP contribution >= 0.6 is 0 Å². The number of anilines is 1. The second kappa shape index (κ2) is 10.2. The molecular formula is C24H28N6O2. The van der Waals surface area contributed by atoms with Crippen molar-refractivity contribution in [3.8, 4) is 11.4 Å². The molecule has 2 amide bonds. The number of rotatable bonds is 7. The number of tetrazole rings is 1. The number of para-hydroxylation sites is 1. The van der Waals surface area contributed by atoms with E-state index < -0.39 is 0 Å². The van der Waals surface area contributed by atoms with Crippen molar-refractivity contribution >= 4 is 17.5 Å². The molecular weight excluding hydrogens is 404 g/mol. The maximum absolute atomic E-state index is 13.0. The number of aryl methyl sites for hydroxylation is 1. The summed E-state index contributed by atoms with van der Waals surface area (Å²) < 4.78 is 0. The normalized spacial score (nSPS) is 14.3. The largest absolute Gasteiger partial charge is 0.339 e. The van der Waals surface area contributed by atoms with E-state index in [0.29, 0.717) is 42.4 Å². The minimum absolute atomic E-state index is 0.0203. The molecule has 0 unspecified atom stereocenters. The van der Waals surface area contributed by atoms with Crippen molar-refractivity contribution in [1.29, 1.82) is 0 Å². The standard InChI is InChI=1S/C24H28N6O2/c1-18-13-16-29(17-14-18)24(32)20-10-5-6-11-21(20)25-22(31)12-7-15-30-27-23(26-28-30)19-8-3-2-4-9-19/h2-6,8-11,18H,7,12-17H2,1H3,(H,25,31). The summed E-state index contributed by atoms with van der Waals surface area (Å²) in [6, 6.07) is 16.9. The van der Waals surface area contributed by atoms with Crippen molar-refractivity contribution in [2.45, 2.75) is 39.2 Å². The van der Waals surface area contributed by atoms with Crippen LogP contribution in [0.15, 0.2) is 54.6 Å². The first-order valence-corrected chi connectivity index (χ1v) is 11.1. The van der Waals surface area contributed by atoms with Crippen LogP contribution in [0, 0.1) is 5.92 Å². The van der Waals surface area contributed by atoms with Crippen molar-refractivity contribution in [3.63, 3.8) is 0 Å². The summed E-state index contributed by atoms with van der Waals surface area (Å²) >= 11 is 0. The van der Waals surface area contributed by atoms with Gasteiger partial charge in [-0.2, -0.15) is 4.80 Å². The third kappa shape index (κ3) is 5.38. The predicted molar refractivity (Wildman–Crippen MR) is 122 cm³/mol. The molecule has 0 atom stereocenters. The number of carbonyl (C=O) groups excluding carboxylic acids is 2. The summed E-state index contributed by atoms with van der Waals surface area (Å²) in [5.74, 6) is 1.06. The summed E-state index contributed by atoms with van der Waals surface area (Å²) in [6.07, 6.45) is 2.90. The smallest absolute Gasteiger partial charge is 0.255 e. The number of likely N-dealkylation sites (tertiary alicyclic amines) is 1. The zero-order valence-corrected chi connectivity index (χ0v) is 18.3. The van der Waals surface area contributed by atoms with Gasteiger partial charge < -0.3 is 10.2 Å². The van der Waals surface area contributed by atoms with Gasteiger partial charge in [0.2, 0.25) is 11.7 Å². The Bertz CT molecular complexity index is 1060. The zero-order valence-electron chi connectivity index (χ0n) is 18.3. The molecule has 8 nitrogen and oxygen atoms in total. The molecule has 32 heavy (non-hydrogen) atoms. The molecule has 1 aromatic heterocycles. The van der Waals surface area contributed by atoms with Crippen molar-refractivity contribution < 1.29 is 9.59 Å². The van der Waals surface area contributed by atoms with E-state index in [2.05, 4.69) is 27.7 Å². The van der Waals surface area contributed by atoms with Crippen LogP contribution in [0.3, 0.4) is 0 Å². The monoisotopic (exact) mass is 432 g/mol. The minimum Gasteiger partial charge on any atom is -0.339 e. The van der Waals surface area contributed by atoms with E-state index in [1.54, 1.807) is 12.1 Å². The molecule has 2 heterocycles. The molecule has 2 aromatic carbocycles. The van der Waals surface area contributed by atoms with E-state index in [-0.39, 0.29) is 11.8 Å². The van der Waals surface area contributed by atoms with Crippen LogP contribution in [0.5, 0.6) is 0 Å². The average molecular weight is 433 g/mol.